The van der Waals surface area contributed by atoms with Crippen LogP contribution in [0.25, 0.3) is 0 Å². The minimum atomic E-state index is -2.19. The number of rotatable bonds is 6. The van der Waals surface area contributed by atoms with Gasteiger partial charge in [-0.25, -0.2) is 0 Å². The van der Waals surface area contributed by atoms with E-state index in [-0.39, 0.29) is 0 Å². The van der Waals surface area contributed by atoms with E-state index in [9.17, 15) is 0 Å². The number of hydrogen-bond donors (Lipinski definition) is 0. The van der Waals surface area contributed by atoms with E-state index in [1.54, 1.807) is 0 Å². The van der Waals surface area contributed by atoms with Crippen LogP contribution in [0.3, 0.4) is 0 Å². The second-order valence-corrected chi connectivity index (χ2v) is 13.7. The molecule has 0 bridgehead atoms. The van der Waals surface area contributed by atoms with Crippen LogP contribution in [0, 0.1) is 0 Å². The molecule has 0 aromatic carbocycles. The fourth-order valence-electron chi connectivity index (χ4n) is 6.64. The van der Waals surface area contributed by atoms with Crippen molar-refractivity contribution in [3.63, 3.8) is 0 Å². The minimum absolute atomic E-state index is 0.532. The number of hydrogen-bond acceptors (Lipinski definition) is 2. The highest BCUT2D eigenvalue weighted by molar-refractivity contribution is 6.70. The molecule has 0 atom stereocenters. The highest BCUT2D eigenvalue weighted by atomic mass is 28.4. The normalized spacial score (nSPS) is 28.4. The molecule has 0 spiro atoms. The lowest BCUT2D eigenvalue weighted by Gasteiger charge is -2.46. The van der Waals surface area contributed by atoms with Crippen molar-refractivity contribution >= 4 is 8.56 Å². The zero-order valence-corrected chi connectivity index (χ0v) is 18.8. The van der Waals surface area contributed by atoms with E-state index in [4.69, 9.17) is 8.85 Å². The summed E-state index contributed by atoms with van der Waals surface area (Å²) in [5, 5.41) is 0. The van der Waals surface area contributed by atoms with Crippen LogP contribution in [0.2, 0.25) is 11.1 Å². The van der Waals surface area contributed by atoms with Crippen molar-refractivity contribution in [2.24, 2.45) is 0 Å². The van der Waals surface area contributed by atoms with Crippen LogP contribution in [0.1, 0.15) is 128 Å². The standard InChI is InChI=1S/C24H44O2Si/c1-2-6-18-23(17-5-1)27(25-21-13-9-10-14-21,26-22-15-11-12-16-22)24-19-7-3-4-8-20-24/h21-24H,1-20H2. The van der Waals surface area contributed by atoms with Crippen LogP contribution in [-0.4, -0.2) is 20.8 Å². The van der Waals surface area contributed by atoms with Crippen LogP contribution in [0.5, 0.6) is 0 Å². The van der Waals surface area contributed by atoms with Gasteiger partial charge in [-0.2, -0.15) is 0 Å². The van der Waals surface area contributed by atoms with Gasteiger partial charge in [-0.3, -0.25) is 0 Å². The van der Waals surface area contributed by atoms with Crippen LogP contribution >= 0.6 is 0 Å². The highest BCUT2D eigenvalue weighted by Gasteiger charge is 2.54. The molecule has 2 nitrogen and oxygen atoms in total. The highest BCUT2D eigenvalue weighted by Crippen LogP contribution is 2.51. The molecule has 4 fully saturated rings. The van der Waals surface area contributed by atoms with E-state index < -0.39 is 8.56 Å². The Morgan fingerprint density at radius 2 is 0.667 bits per heavy atom. The minimum Gasteiger partial charge on any atom is -0.391 e. The molecule has 0 unspecified atom stereocenters. The summed E-state index contributed by atoms with van der Waals surface area (Å²) in [5.74, 6) is 0. The van der Waals surface area contributed by atoms with Gasteiger partial charge in [-0.05, 0) is 51.4 Å². The van der Waals surface area contributed by atoms with Crippen molar-refractivity contribution < 1.29 is 8.85 Å². The summed E-state index contributed by atoms with van der Waals surface area (Å²) in [6.07, 6.45) is 28.9. The molecule has 0 aliphatic heterocycles. The summed E-state index contributed by atoms with van der Waals surface area (Å²) in [6.45, 7) is 0. The summed E-state index contributed by atoms with van der Waals surface area (Å²) in [5.41, 5.74) is 1.56. The van der Waals surface area contributed by atoms with Crippen LogP contribution in [0.4, 0.5) is 0 Å². The summed E-state index contributed by atoms with van der Waals surface area (Å²) >= 11 is 0. The van der Waals surface area contributed by atoms with E-state index in [0.29, 0.717) is 12.2 Å². The maximum atomic E-state index is 7.37. The Kier molecular flexibility index (Phi) is 7.75. The summed E-state index contributed by atoms with van der Waals surface area (Å²) in [7, 11) is -2.19. The smallest absolute Gasteiger partial charge is 0.345 e. The molecule has 0 saturated heterocycles. The third-order valence-corrected chi connectivity index (χ3v) is 13.0. The first kappa shape index (κ1) is 20.4. The topological polar surface area (TPSA) is 18.5 Å². The van der Waals surface area contributed by atoms with Gasteiger partial charge in [0.25, 0.3) is 0 Å². The molecule has 4 aliphatic rings. The molecule has 0 amide bonds. The first-order valence-corrected chi connectivity index (χ1v) is 14.7. The Hall–Kier alpha value is 0.137. The fourth-order valence-corrected chi connectivity index (χ4v) is 12.1. The molecule has 4 rings (SSSR count). The van der Waals surface area contributed by atoms with Crippen LogP contribution < -0.4 is 0 Å². The van der Waals surface area contributed by atoms with Gasteiger partial charge >= 0.3 is 8.56 Å². The average Bonchev–Trinajstić information content (AvgIpc) is 3.21. The Balaban J connectivity index is 1.62. The molecule has 0 heterocycles. The van der Waals surface area contributed by atoms with Crippen molar-refractivity contribution in [1.29, 1.82) is 0 Å². The predicted octanol–water partition coefficient (Wildman–Crippen LogP) is 7.80. The largest absolute Gasteiger partial charge is 0.391 e. The Morgan fingerprint density at radius 3 is 1.00 bits per heavy atom. The van der Waals surface area contributed by atoms with Gasteiger partial charge in [-0.1, -0.05) is 77.0 Å². The Morgan fingerprint density at radius 1 is 0.370 bits per heavy atom. The van der Waals surface area contributed by atoms with Gasteiger partial charge in [0.2, 0.25) is 0 Å². The molecule has 0 aromatic heterocycles. The molecule has 27 heavy (non-hydrogen) atoms. The molecule has 0 N–H and O–H groups in total. The van der Waals surface area contributed by atoms with Crippen LogP contribution in [-0.2, 0) is 8.85 Å². The average molecular weight is 393 g/mol. The van der Waals surface area contributed by atoms with E-state index in [1.165, 1.54) is 128 Å². The molecule has 156 valence electrons. The monoisotopic (exact) mass is 392 g/mol. The first-order chi connectivity index (χ1) is 13.4. The second kappa shape index (κ2) is 10.3. The first-order valence-electron chi connectivity index (χ1n) is 12.7. The zero-order chi connectivity index (χ0) is 18.4. The molecule has 0 aromatic rings. The molecular weight excluding hydrogens is 348 g/mol. The second-order valence-electron chi connectivity index (χ2n) is 10.1. The molecule has 3 heteroatoms. The molecule has 0 radical (unpaired) electrons. The lowest BCUT2D eigenvalue weighted by molar-refractivity contribution is 0.0629. The van der Waals surface area contributed by atoms with Gasteiger partial charge in [0.05, 0.1) is 0 Å². The summed E-state index contributed by atoms with van der Waals surface area (Å²) in [4.78, 5) is 0. The van der Waals surface area contributed by atoms with Crippen molar-refractivity contribution in [3.05, 3.63) is 0 Å². The van der Waals surface area contributed by atoms with Gasteiger partial charge in [0.1, 0.15) is 0 Å². The maximum Gasteiger partial charge on any atom is 0.345 e. The SMILES string of the molecule is C1CCCC([Si](OC2CCCC2)(OC2CCCC2)C2CCCCCC2)CC1. The maximum absolute atomic E-state index is 7.37. The third kappa shape index (κ3) is 5.20. The molecule has 4 aliphatic carbocycles. The van der Waals surface area contributed by atoms with Gasteiger partial charge in [-0.15, -0.1) is 0 Å². The lowest BCUT2D eigenvalue weighted by atomic mass is 10.2. The van der Waals surface area contributed by atoms with E-state index >= 15 is 0 Å². The molecular formula is C24H44O2Si. The lowest BCUT2D eigenvalue weighted by Crippen LogP contribution is -2.54. The van der Waals surface area contributed by atoms with Gasteiger partial charge in [0.15, 0.2) is 0 Å². The fraction of sp³-hybridized carbons (Fsp3) is 1.00. The Labute approximate surface area is 169 Å². The Bertz CT molecular complexity index is 372. The zero-order valence-electron chi connectivity index (χ0n) is 17.8. The molecule has 4 saturated carbocycles. The van der Waals surface area contributed by atoms with Crippen molar-refractivity contribution in [2.75, 3.05) is 0 Å². The van der Waals surface area contributed by atoms with Crippen LogP contribution in [0.15, 0.2) is 0 Å². The third-order valence-electron chi connectivity index (χ3n) is 8.15. The van der Waals surface area contributed by atoms with E-state index in [1.807, 2.05) is 0 Å². The van der Waals surface area contributed by atoms with E-state index in [0.717, 1.165) is 11.1 Å². The summed E-state index contributed by atoms with van der Waals surface area (Å²) < 4.78 is 14.7. The predicted molar refractivity (Wildman–Crippen MR) is 115 cm³/mol. The van der Waals surface area contributed by atoms with Gasteiger partial charge < -0.3 is 8.85 Å². The van der Waals surface area contributed by atoms with Gasteiger partial charge in [0, 0.05) is 23.3 Å². The van der Waals surface area contributed by atoms with Crippen molar-refractivity contribution in [1.82, 2.24) is 0 Å². The van der Waals surface area contributed by atoms with E-state index in [2.05, 4.69) is 0 Å². The quantitative estimate of drug-likeness (QED) is 0.339. The van der Waals surface area contributed by atoms with Crippen molar-refractivity contribution in [2.45, 2.75) is 152 Å². The van der Waals surface area contributed by atoms with Crippen molar-refractivity contribution in [3.8, 4) is 0 Å². The summed E-state index contributed by atoms with van der Waals surface area (Å²) in [6, 6.07) is 0.